The highest BCUT2D eigenvalue weighted by Gasteiger charge is 2.22. The first-order valence-electron chi connectivity index (χ1n) is 8.87. The average molecular weight is 456 g/mol. The van der Waals surface area contributed by atoms with Crippen molar-refractivity contribution in [1.82, 2.24) is 9.55 Å². The molecule has 6 nitrogen and oxygen atoms in total. The molecule has 3 rings (SSSR count). The summed E-state index contributed by atoms with van der Waals surface area (Å²) in [7, 11) is 0. The largest absolute Gasteiger partial charge is 0.478 e. The number of aromatic nitrogens is 2. The van der Waals surface area contributed by atoms with Crippen LogP contribution in [-0.4, -0.2) is 31.7 Å². The second-order valence-electron chi connectivity index (χ2n) is 6.52. The monoisotopic (exact) mass is 454 g/mol. The summed E-state index contributed by atoms with van der Waals surface area (Å²) < 4.78 is 1.76. The van der Waals surface area contributed by atoms with Gasteiger partial charge in [0.1, 0.15) is 11.4 Å². The van der Waals surface area contributed by atoms with Crippen molar-refractivity contribution in [3.63, 3.8) is 0 Å². The van der Waals surface area contributed by atoms with Crippen LogP contribution < -0.4 is 0 Å². The fourth-order valence-corrected chi connectivity index (χ4v) is 3.92. The molecule has 0 amide bonds. The molecule has 0 unspecified atom stereocenters. The summed E-state index contributed by atoms with van der Waals surface area (Å²) in [6.07, 6.45) is 2.45. The number of benzene rings is 2. The van der Waals surface area contributed by atoms with E-state index in [0.717, 1.165) is 12.8 Å². The highest BCUT2D eigenvalue weighted by atomic mass is 35.5. The van der Waals surface area contributed by atoms with Crippen molar-refractivity contribution in [2.75, 3.05) is 0 Å². The van der Waals surface area contributed by atoms with Gasteiger partial charge in [-0.25, -0.2) is 14.6 Å². The van der Waals surface area contributed by atoms with E-state index in [1.165, 1.54) is 12.1 Å². The van der Waals surface area contributed by atoms with Gasteiger partial charge in [0.25, 0.3) is 0 Å². The maximum absolute atomic E-state index is 11.9. The summed E-state index contributed by atoms with van der Waals surface area (Å²) in [6, 6.07) is 6.14. The Hall–Kier alpha value is -2.28. The minimum absolute atomic E-state index is 0.0382. The lowest BCUT2D eigenvalue weighted by Gasteiger charge is -2.14. The number of rotatable bonds is 7. The molecule has 0 aliphatic heterocycles. The Morgan fingerprint density at radius 1 is 1.03 bits per heavy atom. The van der Waals surface area contributed by atoms with Crippen LogP contribution in [0.4, 0.5) is 0 Å². The first-order chi connectivity index (χ1) is 13.8. The number of unbranched alkanes of at least 4 members (excludes halogenated alkanes) is 1. The standard InChI is InChI=1S/C20H17Cl3N2O4/c1-2-3-4-14-24-13-8-7-12(21)15(20(28)29)18(13)25(14)9-10-5-6-11(19(26)27)17(23)16(10)22/h5-8H,2-4,9H2,1H3,(H,26,27)(H,28,29). The van der Waals surface area contributed by atoms with Crippen LogP contribution in [0.2, 0.25) is 15.1 Å². The number of hydrogen-bond donors (Lipinski definition) is 2. The Morgan fingerprint density at radius 2 is 1.76 bits per heavy atom. The Morgan fingerprint density at radius 3 is 2.38 bits per heavy atom. The third-order valence-corrected chi connectivity index (χ3v) is 5.86. The summed E-state index contributed by atoms with van der Waals surface area (Å²) in [5, 5.41) is 19.1. The van der Waals surface area contributed by atoms with E-state index in [4.69, 9.17) is 34.8 Å². The van der Waals surface area contributed by atoms with Crippen LogP contribution in [0.15, 0.2) is 24.3 Å². The number of carboxylic acid groups (broad SMARTS) is 2. The number of hydrogen-bond acceptors (Lipinski definition) is 3. The van der Waals surface area contributed by atoms with Gasteiger partial charge in [0.2, 0.25) is 0 Å². The van der Waals surface area contributed by atoms with Crippen LogP contribution in [-0.2, 0) is 13.0 Å². The normalized spacial score (nSPS) is 11.2. The molecule has 9 heteroatoms. The zero-order chi connectivity index (χ0) is 21.3. The van der Waals surface area contributed by atoms with Gasteiger partial charge in [-0.1, -0.05) is 54.2 Å². The van der Waals surface area contributed by atoms with Crippen molar-refractivity contribution in [2.24, 2.45) is 0 Å². The minimum Gasteiger partial charge on any atom is -0.478 e. The zero-order valence-corrected chi connectivity index (χ0v) is 17.6. The molecule has 0 aliphatic carbocycles. The van der Waals surface area contributed by atoms with E-state index in [9.17, 15) is 19.8 Å². The molecule has 2 N–H and O–H groups in total. The molecule has 0 saturated carbocycles. The first-order valence-corrected chi connectivity index (χ1v) is 10.0. The summed E-state index contributed by atoms with van der Waals surface area (Å²) >= 11 is 18.6. The number of fused-ring (bicyclic) bond motifs is 1. The van der Waals surface area contributed by atoms with Gasteiger partial charge in [-0.15, -0.1) is 0 Å². The molecule has 2 aromatic carbocycles. The van der Waals surface area contributed by atoms with Gasteiger partial charge < -0.3 is 14.8 Å². The van der Waals surface area contributed by atoms with Crippen LogP contribution in [0.5, 0.6) is 0 Å². The fraction of sp³-hybridized carbons (Fsp3) is 0.250. The van der Waals surface area contributed by atoms with Crippen molar-refractivity contribution in [2.45, 2.75) is 32.7 Å². The molecule has 0 spiro atoms. The number of carbonyl (C=O) groups is 2. The number of carboxylic acids is 2. The van der Waals surface area contributed by atoms with Gasteiger partial charge >= 0.3 is 11.9 Å². The molecule has 1 aromatic heterocycles. The van der Waals surface area contributed by atoms with Crippen LogP contribution in [0.25, 0.3) is 11.0 Å². The van der Waals surface area contributed by atoms with E-state index in [2.05, 4.69) is 4.98 Å². The van der Waals surface area contributed by atoms with E-state index < -0.39 is 11.9 Å². The number of imidazole rings is 1. The van der Waals surface area contributed by atoms with Crippen molar-refractivity contribution < 1.29 is 19.8 Å². The lowest BCUT2D eigenvalue weighted by atomic mass is 10.1. The Balaban J connectivity index is 2.22. The minimum atomic E-state index is -1.18. The topological polar surface area (TPSA) is 92.4 Å². The fourth-order valence-electron chi connectivity index (χ4n) is 3.19. The Kier molecular flexibility index (Phi) is 6.36. The van der Waals surface area contributed by atoms with Crippen LogP contribution in [0.3, 0.4) is 0 Å². The number of aromatic carboxylic acids is 2. The van der Waals surface area contributed by atoms with Crippen molar-refractivity contribution >= 4 is 57.8 Å². The predicted molar refractivity (Wildman–Crippen MR) is 113 cm³/mol. The second kappa shape index (κ2) is 8.61. The Bertz CT molecular complexity index is 1120. The van der Waals surface area contributed by atoms with Gasteiger partial charge in [-0.2, -0.15) is 0 Å². The molecular formula is C20H17Cl3N2O4. The molecule has 0 bridgehead atoms. The van der Waals surface area contributed by atoms with Gasteiger partial charge in [0.05, 0.1) is 38.2 Å². The van der Waals surface area contributed by atoms with Crippen molar-refractivity contribution in [3.05, 3.63) is 61.8 Å². The molecule has 29 heavy (non-hydrogen) atoms. The smallest absolute Gasteiger partial charge is 0.339 e. The molecule has 152 valence electrons. The highest BCUT2D eigenvalue weighted by Crippen LogP contribution is 2.33. The van der Waals surface area contributed by atoms with E-state index >= 15 is 0 Å². The summed E-state index contributed by atoms with van der Waals surface area (Å²) in [5.74, 6) is -1.64. The third kappa shape index (κ3) is 4.06. The molecule has 0 radical (unpaired) electrons. The average Bonchev–Trinajstić information content (AvgIpc) is 3.00. The first kappa shape index (κ1) is 21.4. The van der Waals surface area contributed by atoms with Crippen molar-refractivity contribution in [1.29, 1.82) is 0 Å². The van der Waals surface area contributed by atoms with E-state index in [0.29, 0.717) is 28.8 Å². The number of aryl methyl sites for hydroxylation is 1. The predicted octanol–water partition coefficient (Wildman–Crippen LogP) is 5.78. The van der Waals surface area contributed by atoms with E-state index in [1.807, 2.05) is 6.92 Å². The van der Waals surface area contributed by atoms with E-state index in [1.54, 1.807) is 16.7 Å². The van der Waals surface area contributed by atoms with Gasteiger partial charge in [0, 0.05) is 6.42 Å². The van der Waals surface area contributed by atoms with Gasteiger partial charge in [0.15, 0.2) is 0 Å². The second-order valence-corrected chi connectivity index (χ2v) is 7.68. The third-order valence-electron chi connectivity index (χ3n) is 4.63. The van der Waals surface area contributed by atoms with Gasteiger partial charge in [-0.05, 0) is 30.2 Å². The highest BCUT2D eigenvalue weighted by molar-refractivity contribution is 6.44. The molecule has 0 fully saturated rings. The molecule has 0 aliphatic rings. The SMILES string of the molecule is CCCCc1nc2ccc(Cl)c(C(=O)O)c2n1Cc1ccc(C(=O)O)c(Cl)c1Cl. The summed E-state index contributed by atoms with van der Waals surface area (Å²) in [6.45, 7) is 2.22. The molecule has 3 aromatic rings. The molecule has 1 heterocycles. The summed E-state index contributed by atoms with van der Waals surface area (Å²) in [5.41, 5.74) is 1.32. The van der Waals surface area contributed by atoms with Crippen LogP contribution in [0, 0.1) is 0 Å². The van der Waals surface area contributed by atoms with Gasteiger partial charge in [-0.3, -0.25) is 0 Å². The van der Waals surface area contributed by atoms with Crippen molar-refractivity contribution in [3.8, 4) is 0 Å². The molecule has 0 atom stereocenters. The Labute approximate surface area is 181 Å². The zero-order valence-electron chi connectivity index (χ0n) is 15.4. The lowest BCUT2D eigenvalue weighted by molar-refractivity contribution is 0.0687. The van der Waals surface area contributed by atoms with Crippen LogP contribution >= 0.6 is 34.8 Å². The number of halogens is 3. The van der Waals surface area contributed by atoms with E-state index in [-0.39, 0.29) is 32.7 Å². The maximum Gasteiger partial charge on any atom is 0.339 e. The molecular weight excluding hydrogens is 439 g/mol. The maximum atomic E-state index is 11.9. The quantitative estimate of drug-likeness (QED) is 0.471. The van der Waals surface area contributed by atoms with Crippen LogP contribution in [0.1, 0.15) is 51.9 Å². The number of nitrogens with zero attached hydrogens (tertiary/aromatic N) is 2. The lowest BCUT2D eigenvalue weighted by Crippen LogP contribution is -2.10. The molecule has 0 saturated heterocycles. The summed E-state index contributed by atoms with van der Waals surface area (Å²) in [4.78, 5) is 27.7.